The summed E-state index contributed by atoms with van der Waals surface area (Å²) < 4.78 is 10.6. The molecule has 3 atom stereocenters. The number of carbonyl (C=O) groups is 4. The number of hydrogen-bond donors (Lipinski definition) is 4. The Balaban J connectivity index is 1.85. The van der Waals surface area contributed by atoms with Gasteiger partial charge in [0.1, 0.15) is 25.3 Å². The lowest BCUT2D eigenvalue weighted by molar-refractivity contribution is -0.147. The Labute approximate surface area is 223 Å². The maximum Gasteiger partial charge on any atom is 0.407 e. The number of urea groups is 1. The number of benzene rings is 2. The lowest BCUT2D eigenvalue weighted by atomic mass is 9.99. The highest BCUT2D eigenvalue weighted by Gasteiger charge is 2.28. The Hall–Kier alpha value is -4.08. The Morgan fingerprint density at radius 3 is 1.97 bits per heavy atom. The second-order valence-electron chi connectivity index (χ2n) is 8.95. The molecule has 0 bridgehead atoms. The molecule has 0 aliphatic rings. The fraction of sp³-hybridized carbons (Fsp3) is 0.429. The molecule has 0 saturated heterocycles. The first-order chi connectivity index (χ1) is 18.3. The van der Waals surface area contributed by atoms with Gasteiger partial charge in [-0.15, -0.1) is 0 Å². The SMILES string of the molecule is CCC(C)[C@H](NC(=O)N[C@@H](CCCCNC(=O)OCc1ccccc1)C(=O)OCc1ccccc1)C(=O)O. The number of esters is 1. The molecule has 2 aromatic carbocycles. The van der Waals surface area contributed by atoms with Crippen LogP contribution in [0.4, 0.5) is 9.59 Å². The lowest BCUT2D eigenvalue weighted by Crippen LogP contribution is -2.53. The zero-order chi connectivity index (χ0) is 27.8. The maximum atomic E-state index is 12.8. The number of amides is 3. The summed E-state index contributed by atoms with van der Waals surface area (Å²) in [6, 6.07) is 15.6. The molecule has 0 aliphatic carbocycles. The van der Waals surface area contributed by atoms with Gasteiger partial charge >= 0.3 is 24.1 Å². The monoisotopic (exact) mass is 527 g/mol. The molecule has 4 N–H and O–H groups in total. The highest BCUT2D eigenvalue weighted by atomic mass is 16.5. The summed E-state index contributed by atoms with van der Waals surface area (Å²) in [7, 11) is 0. The average Bonchev–Trinajstić information content (AvgIpc) is 2.93. The van der Waals surface area contributed by atoms with Crippen molar-refractivity contribution >= 4 is 24.1 Å². The lowest BCUT2D eigenvalue weighted by Gasteiger charge is -2.23. The van der Waals surface area contributed by atoms with Crippen molar-refractivity contribution < 1.29 is 33.8 Å². The van der Waals surface area contributed by atoms with E-state index in [-0.39, 0.29) is 25.6 Å². The van der Waals surface area contributed by atoms with Crippen LogP contribution in [0.15, 0.2) is 60.7 Å². The topological polar surface area (TPSA) is 143 Å². The quantitative estimate of drug-likeness (QED) is 0.203. The molecule has 1 unspecified atom stereocenters. The molecule has 206 valence electrons. The summed E-state index contributed by atoms with van der Waals surface area (Å²) in [4.78, 5) is 48.8. The number of unbranched alkanes of at least 4 members (excludes halogenated alkanes) is 1. The van der Waals surface area contributed by atoms with Crippen LogP contribution in [0.25, 0.3) is 0 Å². The number of rotatable bonds is 15. The molecule has 0 heterocycles. The number of carbonyl (C=O) groups excluding carboxylic acids is 3. The molecule has 0 radical (unpaired) electrons. The van der Waals surface area contributed by atoms with Gasteiger partial charge in [0.05, 0.1) is 0 Å². The third-order valence-corrected chi connectivity index (χ3v) is 5.98. The Bertz CT molecular complexity index is 1020. The number of alkyl carbamates (subject to hydrolysis) is 1. The number of ether oxygens (including phenoxy) is 2. The molecule has 2 aromatic rings. The van der Waals surface area contributed by atoms with E-state index < -0.39 is 36.1 Å². The molecule has 10 nitrogen and oxygen atoms in total. The van der Waals surface area contributed by atoms with E-state index in [2.05, 4.69) is 16.0 Å². The molecular weight excluding hydrogens is 490 g/mol. The van der Waals surface area contributed by atoms with Crippen LogP contribution in [0, 0.1) is 5.92 Å². The minimum Gasteiger partial charge on any atom is -0.480 e. The molecule has 0 aromatic heterocycles. The van der Waals surface area contributed by atoms with E-state index in [1.807, 2.05) is 67.6 Å². The molecule has 0 fully saturated rings. The van der Waals surface area contributed by atoms with E-state index in [4.69, 9.17) is 9.47 Å². The summed E-state index contributed by atoms with van der Waals surface area (Å²) in [6.07, 6.45) is 1.26. The fourth-order valence-electron chi connectivity index (χ4n) is 3.54. The average molecular weight is 528 g/mol. The van der Waals surface area contributed by atoms with Crippen molar-refractivity contribution in [3.63, 3.8) is 0 Å². The molecule has 0 aliphatic heterocycles. The molecule has 0 spiro atoms. The van der Waals surface area contributed by atoms with Crippen LogP contribution in [0.5, 0.6) is 0 Å². The van der Waals surface area contributed by atoms with Crippen molar-refractivity contribution in [3.05, 3.63) is 71.8 Å². The van der Waals surface area contributed by atoms with E-state index in [9.17, 15) is 24.3 Å². The summed E-state index contributed by atoms with van der Waals surface area (Å²) in [6.45, 7) is 4.08. The molecule has 10 heteroatoms. The molecule has 38 heavy (non-hydrogen) atoms. The summed E-state index contributed by atoms with van der Waals surface area (Å²) in [5.41, 5.74) is 1.67. The van der Waals surface area contributed by atoms with Gasteiger partial charge < -0.3 is 30.5 Å². The smallest absolute Gasteiger partial charge is 0.407 e. The second-order valence-corrected chi connectivity index (χ2v) is 8.95. The van der Waals surface area contributed by atoms with Gasteiger partial charge in [-0.05, 0) is 36.3 Å². The van der Waals surface area contributed by atoms with E-state index in [0.29, 0.717) is 25.8 Å². The van der Waals surface area contributed by atoms with Gasteiger partial charge in [-0.1, -0.05) is 80.9 Å². The van der Waals surface area contributed by atoms with Crippen LogP contribution in [-0.2, 0) is 32.3 Å². The van der Waals surface area contributed by atoms with Gasteiger partial charge in [-0.2, -0.15) is 0 Å². The summed E-state index contributed by atoms with van der Waals surface area (Å²) in [5, 5.41) is 17.1. The second kappa shape index (κ2) is 16.6. The van der Waals surface area contributed by atoms with E-state index in [0.717, 1.165) is 11.1 Å². The predicted molar refractivity (Wildman–Crippen MR) is 141 cm³/mol. The first-order valence-corrected chi connectivity index (χ1v) is 12.7. The maximum absolute atomic E-state index is 12.8. The van der Waals surface area contributed by atoms with Crippen molar-refractivity contribution in [3.8, 4) is 0 Å². The third kappa shape index (κ3) is 11.3. The molecular formula is C28H37N3O7. The minimum absolute atomic E-state index is 0.0406. The van der Waals surface area contributed by atoms with Crippen molar-refractivity contribution in [2.75, 3.05) is 6.54 Å². The fourth-order valence-corrected chi connectivity index (χ4v) is 3.54. The first kappa shape index (κ1) is 30.1. The molecule has 0 saturated carbocycles. The van der Waals surface area contributed by atoms with Crippen LogP contribution in [-0.4, -0.2) is 47.8 Å². The summed E-state index contributed by atoms with van der Waals surface area (Å²) >= 11 is 0. The zero-order valence-electron chi connectivity index (χ0n) is 21.9. The number of carboxylic acid groups (broad SMARTS) is 1. The molecule has 2 rings (SSSR count). The third-order valence-electron chi connectivity index (χ3n) is 5.98. The first-order valence-electron chi connectivity index (χ1n) is 12.7. The van der Waals surface area contributed by atoms with Crippen LogP contribution < -0.4 is 16.0 Å². The Morgan fingerprint density at radius 2 is 1.42 bits per heavy atom. The molecule has 3 amide bonds. The van der Waals surface area contributed by atoms with Crippen molar-refractivity contribution in [2.45, 2.75) is 64.8 Å². The number of carboxylic acids is 1. The Morgan fingerprint density at radius 1 is 0.842 bits per heavy atom. The van der Waals surface area contributed by atoms with E-state index in [1.165, 1.54) is 0 Å². The van der Waals surface area contributed by atoms with Gasteiger partial charge in [0.2, 0.25) is 0 Å². The zero-order valence-corrected chi connectivity index (χ0v) is 21.9. The minimum atomic E-state index is -1.15. The standard InChI is InChI=1S/C28H37N3O7/c1-3-20(2)24(25(32)33)31-27(35)30-23(26(34)37-18-21-12-6-4-7-13-21)16-10-11-17-29-28(36)38-19-22-14-8-5-9-15-22/h4-9,12-15,20,23-24H,3,10-11,16-19H2,1-2H3,(H,29,36)(H,32,33)(H2,30,31,35)/t20?,23-,24-/m0/s1. The predicted octanol–water partition coefficient (Wildman–Crippen LogP) is 3.99. The van der Waals surface area contributed by atoms with Gasteiger partial charge in [0.25, 0.3) is 0 Å². The Kier molecular flexibility index (Phi) is 13.2. The van der Waals surface area contributed by atoms with Gasteiger partial charge in [-0.3, -0.25) is 0 Å². The van der Waals surface area contributed by atoms with Gasteiger partial charge in [0, 0.05) is 6.54 Å². The largest absolute Gasteiger partial charge is 0.480 e. The highest BCUT2D eigenvalue weighted by molar-refractivity contribution is 5.86. The highest BCUT2D eigenvalue weighted by Crippen LogP contribution is 2.10. The van der Waals surface area contributed by atoms with Crippen LogP contribution in [0.2, 0.25) is 0 Å². The number of hydrogen-bond acceptors (Lipinski definition) is 6. The van der Waals surface area contributed by atoms with Crippen LogP contribution >= 0.6 is 0 Å². The van der Waals surface area contributed by atoms with E-state index in [1.54, 1.807) is 6.92 Å². The van der Waals surface area contributed by atoms with Crippen molar-refractivity contribution in [1.82, 2.24) is 16.0 Å². The van der Waals surface area contributed by atoms with Crippen molar-refractivity contribution in [1.29, 1.82) is 0 Å². The van der Waals surface area contributed by atoms with Gasteiger partial charge in [0.15, 0.2) is 0 Å². The number of nitrogens with one attached hydrogen (secondary N) is 3. The van der Waals surface area contributed by atoms with Gasteiger partial charge in [-0.25, -0.2) is 19.2 Å². The van der Waals surface area contributed by atoms with Crippen LogP contribution in [0.1, 0.15) is 50.7 Å². The number of aliphatic carboxylic acids is 1. The van der Waals surface area contributed by atoms with Crippen molar-refractivity contribution in [2.24, 2.45) is 5.92 Å². The van der Waals surface area contributed by atoms with Crippen LogP contribution in [0.3, 0.4) is 0 Å². The normalized spacial score (nSPS) is 12.9. The van der Waals surface area contributed by atoms with E-state index >= 15 is 0 Å². The summed E-state index contributed by atoms with van der Waals surface area (Å²) in [5.74, 6) is -2.08.